The molecular formula is C20H21ClF3N3O3. The monoisotopic (exact) mass is 443 g/mol. The second-order valence-electron chi connectivity index (χ2n) is 6.89. The van der Waals surface area contributed by atoms with E-state index in [4.69, 9.17) is 21.1 Å². The normalized spacial score (nSPS) is 18.5. The number of halogens is 4. The predicted octanol–water partition coefficient (Wildman–Crippen LogP) is 4.76. The Balaban J connectivity index is 1.57. The molecule has 0 saturated carbocycles. The van der Waals surface area contributed by atoms with Gasteiger partial charge in [0.05, 0.1) is 0 Å². The van der Waals surface area contributed by atoms with Crippen LogP contribution in [0, 0.1) is 0 Å². The van der Waals surface area contributed by atoms with E-state index in [1.807, 2.05) is 0 Å². The molecule has 1 aromatic heterocycles. The molecule has 1 fully saturated rings. The summed E-state index contributed by atoms with van der Waals surface area (Å²) >= 11 is 5.75. The highest BCUT2D eigenvalue weighted by Crippen LogP contribution is 2.26. The molecule has 1 aromatic carbocycles. The zero-order chi connectivity index (χ0) is 21.6. The fourth-order valence-electron chi connectivity index (χ4n) is 3.14. The van der Waals surface area contributed by atoms with Crippen LogP contribution in [0.25, 0.3) is 0 Å². The number of nitrogens with zero attached hydrogens (tertiary/aromatic N) is 2. The SMILES string of the molecule is O=C(Nc1ccc(Cl)cc1)O[C@@H](CN1CCC[C@@H](Oc2ccncc2)C1)C(F)(F)F. The maximum absolute atomic E-state index is 13.5. The molecule has 2 aromatic rings. The summed E-state index contributed by atoms with van der Waals surface area (Å²) in [4.78, 5) is 17.5. The molecule has 1 amide bonds. The number of alkyl halides is 3. The van der Waals surface area contributed by atoms with Crippen LogP contribution in [-0.2, 0) is 4.74 Å². The number of benzene rings is 1. The van der Waals surface area contributed by atoms with Gasteiger partial charge in [-0.3, -0.25) is 15.2 Å². The Labute approximate surface area is 176 Å². The van der Waals surface area contributed by atoms with E-state index >= 15 is 0 Å². The van der Waals surface area contributed by atoms with E-state index in [2.05, 4.69) is 10.3 Å². The molecule has 0 spiro atoms. The number of carbonyl (C=O) groups is 1. The van der Waals surface area contributed by atoms with Crippen LogP contribution in [0.3, 0.4) is 0 Å². The number of hydrogen-bond donors (Lipinski definition) is 1. The molecule has 10 heteroatoms. The number of carbonyl (C=O) groups excluding carboxylic acids is 1. The lowest BCUT2D eigenvalue weighted by molar-refractivity contribution is -0.207. The molecule has 6 nitrogen and oxygen atoms in total. The fraction of sp³-hybridized carbons (Fsp3) is 0.400. The van der Waals surface area contributed by atoms with Gasteiger partial charge in [0.15, 0.2) is 0 Å². The Morgan fingerprint density at radius 3 is 2.60 bits per heavy atom. The molecule has 1 N–H and O–H groups in total. The van der Waals surface area contributed by atoms with Crippen LogP contribution in [0.15, 0.2) is 48.8 Å². The Hall–Kier alpha value is -2.52. The van der Waals surface area contributed by atoms with Crippen LogP contribution < -0.4 is 10.1 Å². The van der Waals surface area contributed by atoms with Gasteiger partial charge < -0.3 is 9.47 Å². The van der Waals surface area contributed by atoms with Crippen LogP contribution in [0.1, 0.15) is 12.8 Å². The minimum Gasteiger partial charge on any atom is -0.489 e. The Morgan fingerprint density at radius 1 is 1.23 bits per heavy atom. The molecule has 0 aliphatic carbocycles. The molecule has 0 bridgehead atoms. The number of amides is 1. The molecular weight excluding hydrogens is 423 g/mol. The van der Waals surface area contributed by atoms with E-state index in [9.17, 15) is 18.0 Å². The van der Waals surface area contributed by atoms with Crippen LogP contribution in [0.2, 0.25) is 5.02 Å². The summed E-state index contributed by atoms with van der Waals surface area (Å²) in [5, 5.41) is 2.72. The smallest absolute Gasteiger partial charge is 0.426 e. The molecule has 1 saturated heterocycles. The number of anilines is 1. The van der Waals surface area contributed by atoms with E-state index in [0.717, 1.165) is 6.42 Å². The highest BCUT2D eigenvalue weighted by molar-refractivity contribution is 6.30. The summed E-state index contributed by atoms with van der Waals surface area (Å²) in [6.45, 7) is 0.301. The van der Waals surface area contributed by atoms with Gasteiger partial charge in [-0.1, -0.05) is 11.6 Å². The van der Waals surface area contributed by atoms with Crippen molar-refractivity contribution in [2.24, 2.45) is 0 Å². The molecule has 1 aliphatic rings. The lowest BCUT2D eigenvalue weighted by Gasteiger charge is -2.35. The topological polar surface area (TPSA) is 63.7 Å². The Kier molecular flexibility index (Phi) is 7.38. The first-order valence-corrected chi connectivity index (χ1v) is 9.76. The number of hydrogen-bond acceptors (Lipinski definition) is 5. The van der Waals surface area contributed by atoms with Gasteiger partial charge in [0.1, 0.15) is 11.9 Å². The molecule has 1 aliphatic heterocycles. The molecule has 0 radical (unpaired) electrons. The van der Waals surface area contributed by atoms with Crippen LogP contribution in [0.4, 0.5) is 23.7 Å². The van der Waals surface area contributed by atoms with Crippen LogP contribution >= 0.6 is 11.6 Å². The second-order valence-corrected chi connectivity index (χ2v) is 7.33. The second kappa shape index (κ2) is 9.99. The quantitative estimate of drug-likeness (QED) is 0.697. The zero-order valence-electron chi connectivity index (χ0n) is 15.9. The number of aromatic nitrogens is 1. The van der Waals surface area contributed by atoms with E-state index in [1.165, 1.54) is 24.3 Å². The first-order valence-electron chi connectivity index (χ1n) is 9.38. The lowest BCUT2D eigenvalue weighted by atomic mass is 10.1. The van der Waals surface area contributed by atoms with Crippen molar-refractivity contribution in [2.45, 2.75) is 31.2 Å². The number of rotatable bonds is 6. The van der Waals surface area contributed by atoms with Crippen LogP contribution in [-0.4, -0.2) is 54.0 Å². The Bertz CT molecular complexity index is 822. The summed E-state index contributed by atoms with van der Waals surface area (Å²) in [6, 6.07) is 9.35. The third kappa shape index (κ3) is 6.77. The summed E-state index contributed by atoms with van der Waals surface area (Å²) in [5.41, 5.74) is 0.286. The van der Waals surface area contributed by atoms with Crippen molar-refractivity contribution in [1.29, 1.82) is 0 Å². The van der Waals surface area contributed by atoms with Crippen molar-refractivity contribution in [2.75, 3.05) is 25.0 Å². The average molecular weight is 444 g/mol. The summed E-state index contributed by atoms with van der Waals surface area (Å²) in [7, 11) is 0. The third-order valence-electron chi connectivity index (χ3n) is 4.54. The van der Waals surface area contributed by atoms with Gasteiger partial charge in [0, 0.05) is 36.2 Å². The first kappa shape index (κ1) is 22.2. The predicted molar refractivity (Wildman–Crippen MR) is 106 cm³/mol. The van der Waals surface area contributed by atoms with Crippen molar-refractivity contribution in [1.82, 2.24) is 9.88 Å². The standard InChI is InChI=1S/C20H21ClF3N3O3/c21-14-3-5-15(6-4-14)26-19(28)30-18(20(22,23)24)13-27-11-1-2-17(12-27)29-16-7-9-25-10-8-16/h3-10,17-18H,1-2,11-13H2,(H,26,28)/t17-,18+/m1/s1. The summed E-state index contributed by atoms with van der Waals surface area (Å²) in [6.07, 6.45) is -3.81. The highest BCUT2D eigenvalue weighted by atomic mass is 35.5. The van der Waals surface area contributed by atoms with Gasteiger partial charge in [-0.2, -0.15) is 13.2 Å². The average Bonchev–Trinajstić information content (AvgIpc) is 2.70. The number of pyridine rings is 1. The summed E-state index contributed by atoms with van der Waals surface area (Å²) < 4.78 is 51.0. The minimum absolute atomic E-state index is 0.252. The van der Waals surface area contributed by atoms with E-state index in [-0.39, 0.29) is 11.8 Å². The molecule has 2 heterocycles. The molecule has 162 valence electrons. The van der Waals surface area contributed by atoms with Crippen LogP contribution in [0.5, 0.6) is 5.75 Å². The fourth-order valence-corrected chi connectivity index (χ4v) is 3.26. The Morgan fingerprint density at radius 2 is 1.93 bits per heavy atom. The maximum Gasteiger partial charge on any atom is 0.426 e. The maximum atomic E-state index is 13.5. The number of nitrogens with one attached hydrogen (secondary N) is 1. The van der Waals surface area contributed by atoms with E-state index in [0.29, 0.717) is 30.3 Å². The van der Waals surface area contributed by atoms with E-state index < -0.39 is 24.9 Å². The molecule has 3 rings (SSSR count). The van der Waals surface area contributed by atoms with Crippen molar-refractivity contribution < 1.29 is 27.4 Å². The molecule has 2 atom stereocenters. The summed E-state index contributed by atoms with van der Waals surface area (Å²) in [5.74, 6) is 0.614. The van der Waals surface area contributed by atoms with Gasteiger partial charge in [-0.05, 0) is 55.8 Å². The van der Waals surface area contributed by atoms with Crippen molar-refractivity contribution in [3.8, 4) is 5.75 Å². The molecule has 0 unspecified atom stereocenters. The van der Waals surface area contributed by atoms with Crippen molar-refractivity contribution in [3.63, 3.8) is 0 Å². The van der Waals surface area contributed by atoms with Gasteiger partial charge in [-0.15, -0.1) is 0 Å². The minimum atomic E-state index is -4.70. The number of ether oxygens (including phenoxy) is 2. The largest absolute Gasteiger partial charge is 0.489 e. The first-order chi connectivity index (χ1) is 14.3. The van der Waals surface area contributed by atoms with E-state index in [1.54, 1.807) is 29.4 Å². The highest BCUT2D eigenvalue weighted by Gasteiger charge is 2.44. The van der Waals surface area contributed by atoms with Gasteiger partial charge in [-0.25, -0.2) is 4.79 Å². The van der Waals surface area contributed by atoms with Crippen molar-refractivity contribution in [3.05, 3.63) is 53.8 Å². The lowest BCUT2D eigenvalue weighted by Crippen LogP contribution is -2.49. The number of likely N-dealkylation sites (tertiary alicyclic amines) is 1. The number of piperidine rings is 1. The van der Waals surface area contributed by atoms with Gasteiger partial charge >= 0.3 is 12.3 Å². The molecule has 30 heavy (non-hydrogen) atoms. The van der Waals surface area contributed by atoms with Gasteiger partial charge in [0.25, 0.3) is 0 Å². The van der Waals surface area contributed by atoms with Crippen molar-refractivity contribution >= 4 is 23.4 Å². The zero-order valence-corrected chi connectivity index (χ0v) is 16.7. The van der Waals surface area contributed by atoms with Gasteiger partial charge in [0.2, 0.25) is 6.10 Å². The third-order valence-corrected chi connectivity index (χ3v) is 4.80.